The molecule has 3 aliphatic rings. The van der Waals surface area contributed by atoms with Gasteiger partial charge < -0.3 is 15.1 Å². The van der Waals surface area contributed by atoms with Gasteiger partial charge in [-0.25, -0.2) is 9.97 Å². The summed E-state index contributed by atoms with van der Waals surface area (Å²) < 4.78 is 0. The van der Waals surface area contributed by atoms with Crippen molar-refractivity contribution in [2.75, 3.05) is 54.0 Å². The van der Waals surface area contributed by atoms with Crippen LogP contribution in [0.1, 0.15) is 44.9 Å². The van der Waals surface area contributed by atoms with Gasteiger partial charge in [-0.1, -0.05) is 11.6 Å². The number of carbonyl (C=O) groups excluding carboxylic acids is 1. The molecule has 4 rings (SSSR count). The summed E-state index contributed by atoms with van der Waals surface area (Å²) in [6.45, 7) is 4.64. The molecule has 2 aliphatic heterocycles. The van der Waals surface area contributed by atoms with Crippen LogP contribution in [0.4, 0.5) is 11.6 Å². The summed E-state index contributed by atoms with van der Waals surface area (Å²) in [4.78, 5) is 26.3. The largest absolute Gasteiger partial charge is 0.369 e. The van der Waals surface area contributed by atoms with Crippen molar-refractivity contribution in [3.63, 3.8) is 0 Å². The Morgan fingerprint density at radius 3 is 2.52 bits per heavy atom. The molecule has 1 aromatic heterocycles. The number of carbonyl (C=O) groups is 1. The Bertz CT molecular complexity index is 694. The van der Waals surface area contributed by atoms with E-state index in [0.717, 1.165) is 75.1 Å². The van der Waals surface area contributed by atoms with Gasteiger partial charge in [0.2, 0.25) is 11.9 Å². The Morgan fingerprint density at radius 1 is 1.07 bits per heavy atom. The van der Waals surface area contributed by atoms with Gasteiger partial charge in [0.15, 0.2) is 0 Å². The minimum atomic E-state index is 0.137. The van der Waals surface area contributed by atoms with Crippen molar-refractivity contribution in [1.29, 1.82) is 0 Å². The van der Waals surface area contributed by atoms with E-state index in [2.05, 4.69) is 31.2 Å². The van der Waals surface area contributed by atoms with Gasteiger partial charge in [0.1, 0.15) is 0 Å². The fourth-order valence-electron chi connectivity index (χ4n) is 4.43. The van der Waals surface area contributed by atoms with Gasteiger partial charge in [-0.3, -0.25) is 4.79 Å². The lowest BCUT2D eigenvalue weighted by Crippen LogP contribution is -2.41. The quantitative estimate of drug-likeness (QED) is 0.720. The minimum Gasteiger partial charge on any atom is -0.369 e. The van der Waals surface area contributed by atoms with Crippen LogP contribution in [-0.2, 0) is 4.79 Å². The zero-order chi connectivity index (χ0) is 19.9. The van der Waals surface area contributed by atoms with E-state index in [4.69, 9.17) is 0 Å². The highest BCUT2D eigenvalue weighted by Gasteiger charge is 2.25. The number of hydrogen-bond donors (Lipinski definition) is 1. The first-order valence-corrected chi connectivity index (χ1v) is 12.3. The van der Waals surface area contributed by atoms with Gasteiger partial charge in [0.25, 0.3) is 0 Å². The van der Waals surface area contributed by atoms with Crippen LogP contribution in [0.15, 0.2) is 24.0 Å². The third-order valence-electron chi connectivity index (χ3n) is 6.28. The lowest BCUT2D eigenvalue weighted by Gasteiger charge is -2.33. The van der Waals surface area contributed by atoms with Crippen LogP contribution in [0.2, 0.25) is 0 Å². The zero-order valence-corrected chi connectivity index (χ0v) is 18.1. The van der Waals surface area contributed by atoms with Crippen LogP contribution >= 0.6 is 11.8 Å². The topological polar surface area (TPSA) is 61.4 Å². The minimum absolute atomic E-state index is 0.137. The summed E-state index contributed by atoms with van der Waals surface area (Å²) in [6, 6.07) is 0. The summed E-state index contributed by atoms with van der Waals surface area (Å²) >= 11 is 1.99. The first-order valence-electron chi connectivity index (χ1n) is 11.1. The average molecular weight is 416 g/mol. The average Bonchev–Trinajstić information content (AvgIpc) is 2.80. The van der Waals surface area contributed by atoms with Crippen molar-refractivity contribution in [2.24, 2.45) is 5.92 Å². The van der Waals surface area contributed by atoms with Gasteiger partial charge in [-0.2, -0.15) is 11.8 Å². The molecule has 1 aliphatic carbocycles. The fraction of sp³-hybridized carbons (Fsp3) is 0.682. The predicted molar refractivity (Wildman–Crippen MR) is 121 cm³/mol. The second-order valence-electron chi connectivity index (χ2n) is 8.25. The Kier molecular flexibility index (Phi) is 7.30. The molecule has 0 atom stereocenters. The van der Waals surface area contributed by atoms with E-state index in [1.807, 2.05) is 24.2 Å². The Labute approximate surface area is 178 Å². The number of anilines is 2. The Hall–Kier alpha value is -1.76. The second-order valence-corrected chi connectivity index (χ2v) is 9.48. The first kappa shape index (κ1) is 20.5. The van der Waals surface area contributed by atoms with Crippen molar-refractivity contribution < 1.29 is 4.79 Å². The lowest BCUT2D eigenvalue weighted by atomic mass is 9.95. The summed E-state index contributed by atoms with van der Waals surface area (Å²) in [5, 5.41) is 3.17. The maximum absolute atomic E-state index is 12.5. The number of amides is 1. The molecule has 2 saturated heterocycles. The van der Waals surface area contributed by atoms with Crippen LogP contribution in [0.25, 0.3) is 0 Å². The van der Waals surface area contributed by atoms with Crippen LogP contribution in [0.3, 0.4) is 0 Å². The smallest absolute Gasteiger partial charge is 0.225 e. The molecule has 1 aromatic rings. The number of piperidine rings is 1. The zero-order valence-electron chi connectivity index (χ0n) is 17.3. The van der Waals surface area contributed by atoms with Crippen molar-refractivity contribution in [1.82, 2.24) is 15.3 Å². The molecule has 0 radical (unpaired) electrons. The molecule has 6 nitrogen and oxygen atoms in total. The highest BCUT2D eigenvalue weighted by molar-refractivity contribution is 7.99. The third-order valence-corrected chi connectivity index (χ3v) is 7.22. The van der Waals surface area contributed by atoms with Gasteiger partial charge in [-0.15, -0.1) is 0 Å². The first-order chi connectivity index (χ1) is 14.3. The molecule has 1 N–H and O–H groups in total. The molecule has 1 amide bonds. The number of aromatic nitrogens is 2. The highest BCUT2D eigenvalue weighted by atomic mass is 32.2. The predicted octanol–water partition coefficient (Wildman–Crippen LogP) is 3.25. The van der Waals surface area contributed by atoms with E-state index < -0.39 is 0 Å². The van der Waals surface area contributed by atoms with Gasteiger partial charge in [-0.05, 0) is 44.9 Å². The molecule has 0 bridgehead atoms. The van der Waals surface area contributed by atoms with E-state index in [9.17, 15) is 4.79 Å². The van der Waals surface area contributed by atoms with Crippen LogP contribution in [0, 0.1) is 5.92 Å². The molecule has 0 spiro atoms. The van der Waals surface area contributed by atoms with Crippen LogP contribution in [-0.4, -0.2) is 60.1 Å². The number of rotatable bonds is 6. The van der Waals surface area contributed by atoms with Gasteiger partial charge in [0.05, 0.1) is 18.1 Å². The summed E-state index contributed by atoms with van der Waals surface area (Å²) in [5.74, 6) is 3.51. The number of allylic oxidation sites excluding steroid dienone is 1. The standard InChI is InChI=1S/C22H33N5OS/c28-21(23-9-6-18-4-2-1-3-5-18)19-7-10-26(11-8-19)20-16-24-22(25-17-20)27-12-14-29-15-13-27/h4,16-17,19H,1-3,5-15H2,(H,23,28). The molecule has 7 heteroatoms. The van der Waals surface area contributed by atoms with Gasteiger partial charge >= 0.3 is 0 Å². The Balaban J connectivity index is 1.20. The van der Waals surface area contributed by atoms with E-state index in [1.54, 1.807) is 0 Å². The lowest BCUT2D eigenvalue weighted by molar-refractivity contribution is -0.125. The number of nitrogens with zero attached hydrogens (tertiary/aromatic N) is 4. The SMILES string of the molecule is O=C(NCCC1=CCCCC1)C1CCN(c2cnc(N3CCSCC3)nc2)CC1. The van der Waals surface area contributed by atoms with E-state index in [0.29, 0.717) is 0 Å². The second kappa shape index (κ2) is 10.3. The molecule has 3 heterocycles. The monoisotopic (exact) mass is 415 g/mol. The van der Waals surface area contributed by atoms with Crippen molar-refractivity contribution in [3.05, 3.63) is 24.0 Å². The fourth-order valence-corrected chi connectivity index (χ4v) is 5.33. The number of hydrogen-bond acceptors (Lipinski definition) is 6. The Morgan fingerprint density at radius 2 is 1.83 bits per heavy atom. The van der Waals surface area contributed by atoms with Crippen LogP contribution in [0.5, 0.6) is 0 Å². The molecule has 0 aromatic carbocycles. The third kappa shape index (κ3) is 5.65. The summed E-state index contributed by atoms with van der Waals surface area (Å²) in [6.07, 6.45) is 14.1. The molecule has 0 unspecified atom stereocenters. The van der Waals surface area contributed by atoms with Crippen LogP contribution < -0.4 is 15.1 Å². The maximum atomic E-state index is 12.5. The number of thioether (sulfide) groups is 1. The molecule has 0 saturated carbocycles. The van der Waals surface area contributed by atoms with Crippen molar-refractivity contribution >= 4 is 29.3 Å². The van der Waals surface area contributed by atoms with Crippen molar-refractivity contribution in [2.45, 2.75) is 44.9 Å². The molecule has 158 valence electrons. The summed E-state index contributed by atoms with van der Waals surface area (Å²) in [7, 11) is 0. The molecular weight excluding hydrogens is 382 g/mol. The molecule has 2 fully saturated rings. The van der Waals surface area contributed by atoms with Crippen molar-refractivity contribution in [3.8, 4) is 0 Å². The van der Waals surface area contributed by atoms with E-state index in [-0.39, 0.29) is 11.8 Å². The maximum Gasteiger partial charge on any atom is 0.225 e. The molecule has 29 heavy (non-hydrogen) atoms. The normalized spacial score (nSPS) is 21.0. The van der Waals surface area contributed by atoms with Gasteiger partial charge in [0, 0.05) is 50.1 Å². The molecular formula is C22H33N5OS. The van der Waals surface area contributed by atoms with E-state index >= 15 is 0 Å². The summed E-state index contributed by atoms with van der Waals surface area (Å²) in [5.41, 5.74) is 2.60. The number of nitrogens with one attached hydrogen (secondary N) is 1. The highest BCUT2D eigenvalue weighted by Crippen LogP contribution is 2.24. The van der Waals surface area contributed by atoms with E-state index in [1.165, 1.54) is 31.3 Å².